The molecule has 0 saturated carbocycles. The number of ketones is 1. The summed E-state index contributed by atoms with van der Waals surface area (Å²) in [7, 11) is 0. The molecule has 0 spiro atoms. The molecule has 1 fully saturated rings. The maximum atomic E-state index is 13.5. The van der Waals surface area contributed by atoms with Crippen LogP contribution in [0, 0.1) is 5.92 Å². The Morgan fingerprint density at radius 1 is 1.00 bits per heavy atom. The number of hydrogen-bond acceptors (Lipinski definition) is 6. The van der Waals surface area contributed by atoms with Crippen molar-refractivity contribution in [3.8, 4) is 0 Å². The SMILES string of the molecule is CC(C)(C)OC(=O)N1CCC(C(N)C(=O)[C@H](NC(=O)OCc2ccccc2)c2ccccc2)CC1. The summed E-state index contributed by atoms with van der Waals surface area (Å²) < 4.78 is 10.8. The predicted octanol–water partition coefficient (Wildman–Crippen LogP) is 4.20. The molecule has 0 bridgehead atoms. The molecule has 1 aliphatic heterocycles. The summed E-state index contributed by atoms with van der Waals surface area (Å²) in [6.07, 6.45) is 0.0990. The lowest BCUT2D eigenvalue weighted by atomic mass is 9.84. The summed E-state index contributed by atoms with van der Waals surface area (Å²) >= 11 is 0. The van der Waals surface area contributed by atoms with E-state index in [0.717, 1.165) is 5.56 Å². The zero-order chi connectivity index (χ0) is 25.4. The van der Waals surface area contributed by atoms with Crippen molar-refractivity contribution in [1.82, 2.24) is 10.2 Å². The topological polar surface area (TPSA) is 111 Å². The summed E-state index contributed by atoms with van der Waals surface area (Å²) in [6.45, 7) is 6.50. The van der Waals surface area contributed by atoms with Gasteiger partial charge in [-0.1, -0.05) is 60.7 Å². The normalized spacial score (nSPS) is 16.2. The molecule has 2 atom stereocenters. The predicted molar refractivity (Wildman–Crippen MR) is 132 cm³/mol. The van der Waals surface area contributed by atoms with Gasteiger partial charge in [0.05, 0.1) is 6.04 Å². The molecule has 1 unspecified atom stereocenters. The van der Waals surface area contributed by atoms with E-state index in [4.69, 9.17) is 15.2 Å². The highest BCUT2D eigenvalue weighted by Gasteiger charge is 2.36. The molecule has 1 heterocycles. The van der Waals surface area contributed by atoms with Gasteiger partial charge in [-0.2, -0.15) is 0 Å². The molecule has 2 aromatic carbocycles. The number of hydrogen-bond donors (Lipinski definition) is 2. The number of nitrogens with one attached hydrogen (secondary N) is 1. The Bertz CT molecular complexity index is 983. The molecule has 1 saturated heterocycles. The van der Waals surface area contributed by atoms with Crippen LogP contribution >= 0.6 is 0 Å². The van der Waals surface area contributed by atoms with Crippen LogP contribution in [-0.4, -0.2) is 47.6 Å². The van der Waals surface area contributed by atoms with Gasteiger partial charge >= 0.3 is 12.2 Å². The molecule has 0 aliphatic carbocycles. The second-order valence-electron chi connectivity index (χ2n) is 9.78. The van der Waals surface area contributed by atoms with E-state index in [1.165, 1.54) is 0 Å². The fraction of sp³-hybridized carbons (Fsp3) is 0.444. The van der Waals surface area contributed by atoms with Crippen molar-refractivity contribution in [2.24, 2.45) is 11.7 Å². The summed E-state index contributed by atoms with van der Waals surface area (Å²) in [5.41, 5.74) is 7.33. The number of alkyl carbamates (subject to hydrolysis) is 1. The van der Waals surface area contributed by atoms with E-state index in [-0.39, 0.29) is 24.4 Å². The van der Waals surface area contributed by atoms with Gasteiger partial charge in [0.2, 0.25) is 0 Å². The highest BCUT2D eigenvalue weighted by molar-refractivity contribution is 5.92. The Labute approximate surface area is 206 Å². The Kier molecular flexibility index (Phi) is 8.87. The highest BCUT2D eigenvalue weighted by Crippen LogP contribution is 2.25. The highest BCUT2D eigenvalue weighted by atomic mass is 16.6. The van der Waals surface area contributed by atoms with Crippen molar-refractivity contribution in [1.29, 1.82) is 0 Å². The first-order chi connectivity index (χ1) is 16.6. The number of likely N-dealkylation sites (tertiary alicyclic amines) is 1. The van der Waals surface area contributed by atoms with E-state index in [0.29, 0.717) is 31.5 Å². The van der Waals surface area contributed by atoms with E-state index >= 15 is 0 Å². The van der Waals surface area contributed by atoms with Gasteiger partial charge < -0.3 is 25.4 Å². The van der Waals surface area contributed by atoms with Gasteiger partial charge in [-0.3, -0.25) is 4.79 Å². The van der Waals surface area contributed by atoms with Crippen molar-refractivity contribution >= 4 is 18.0 Å². The van der Waals surface area contributed by atoms with Crippen molar-refractivity contribution in [3.05, 3.63) is 71.8 Å². The van der Waals surface area contributed by atoms with E-state index < -0.39 is 23.8 Å². The van der Waals surface area contributed by atoms with Crippen LogP contribution in [0.15, 0.2) is 60.7 Å². The third-order valence-electron chi connectivity index (χ3n) is 5.92. The Morgan fingerprint density at radius 3 is 2.14 bits per heavy atom. The summed E-state index contributed by atoms with van der Waals surface area (Å²) in [5.74, 6) is -0.405. The van der Waals surface area contributed by atoms with Crippen LogP contribution < -0.4 is 11.1 Å². The largest absolute Gasteiger partial charge is 0.445 e. The van der Waals surface area contributed by atoms with E-state index in [1.807, 2.05) is 57.2 Å². The average Bonchev–Trinajstić information content (AvgIpc) is 2.85. The zero-order valence-corrected chi connectivity index (χ0v) is 20.6. The molecule has 2 aromatic rings. The molecule has 188 valence electrons. The van der Waals surface area contributed by atoms with E-state index in [9.17, 15) is 14.4 Å². The smallest absolute Gasteiger partial charge is 0.410 e. The number of nitrogens with two attached hydrogens (primary N) is 1. The minimum atomic E-state index is -0.932. The van der Waals surface area contributed by atoms with Crippen LogP contribution in [0.1, 0.15) is 50.8 Å². The lowest BCUT2D eigenvalue weighted by molar-refractivity contribution is -0.124. The first-order valence-corrected chi connectivity index (χ1v) is 11.9. The molecular formula is C27H35N3O5. The van der Waals surface area contributed by atoms with Crippen molar-refractivity contribution < 1.29 is 23.9 Å². The van der Waals surface area contributed by atoms with Gasteiger partial charge in [-0.25, -0.2) is 9.59 Å². The number of carbonyl (C=O) groups excluding carboxylic acids is 3. The van der Waals surface area contributed by atoms with Gasteiger partial charge in [-0.15, -0.1) is 0 Å². The molecule has 0 aromatic heterocycles. The number of benzene rings is 2. The second-order valence-corrected chi connectivity index (χ2v) is 9.78. The Hall–Kier alpha value is -3.39. The molecular weight excluding hydrogens is 446 g/mol. The van der Waals surface area contributed by atoms with E-state index in [2.05, 4.69) is 5.32 Å². The number of carbonyl (C=O) groups is 3. The van der Waals surface area contributed by atoms with Gasteiger partial charge in [0.1, 0.15) is 18.2 Å². The number of piperidine rings is 1. The summed E-state index contributed by atoms with van der Waals surface area (Å²) in [4.78, 5) is 40.0. The first kappa shape index (κ1) is 26.2. The maximum absolute atomic E-state index is 13.5. The van der Waals surface area contributed by atoms with Gasteiger partial charge in [0.25, 0.3) is 0 Å². The van der Waals surface area contributed by atoms with Crippen LogP contribution in [0.4, 0.5) is 9.59 Å². The third-order valence-corrected chi connectivity index (χ3v) is 5.92. The molecule has 3 rings (SSSR count). The Balaban J connectivity index is 1.62. The minimum Gasteiger partial charge on any atom is -0.445 e. The number of Topliss-reactive ketones (excluding diaryl/α,β-unsaturated/α-hetero) is 1. The molecule has 3 N–H and O–H groups in total. The standard InChI is InChI=1S/C27H35N3O5/c1-27(2,3)35-26(33)30-16-14-20(15-17-30)22(28)24(31)23(21-12-8-5-9-13-21)29-25(32)34-18-19-10-6-4-7-11-19/h4-13,20,22-23H,14-18,28H2,1-3H3,(H,29,32)/t22?,23-/m1/s1. The van der Waals surface area contributed by atoms with Crippen LogP contribution in [0.5, 0.6) is 0 Å². The molecule has 35 heavy (non-hydrogen) atoms. The number of nitrogens with zero attached hydrogens (tertiary/aromatic N) is 1. The quantitative estimate of drug-likeness (QED) is 0.613. The van der Waals surface area contributed by atoms with Gasteiger partial charge in [-0.05, 0) is 50.7 Å². The lowest BCUT2D eigenvalue weighted by Gasteiger charge is -2.36. The number of rotatable bonds is 7. The zero-order valence-electron chi connectivity index (χ0n) is 20.6. The van der Waals surface area contributed by atoms with Crippen LogP contribution in [-0.2, 0) is 20.9 Å². The fourth-order valence-electron chi connectivity index (χ4n) is 4.04. The average molecular weight is 482 g/mol. The van der Waals surface area contributed by atoms with Gasteiger partial charge in [0, 0.05) is 13.1 Å². The fourth-order valence-corrected chi connectivity index (χ4v) is 4.04. The summed E-state index contributed by atoms with van der Waals surface area (Å²) in [6, 6.07) is 16.6. The van der Waals surface area contributed by atoms with Crippen LogP contribution in [0.25, 0.3) is 0 Å². The Morgan fingerprint density at radius 2 is 1.57 bits per heavy atom. The van der Waals surface area contributed by atoms with Crippen molar-refractivity contribution in [2.45, 2.75) is 57.9 Å². The maximum Gasteiger partial charge on any atom is 0.410 e. The molecule has 1 aliphatic rings. The monoisotopic (exact) mass is 481 g/mol. The summed E-state index contributed by atoms with van der Waals surface area (Å²) in [5, 5.41) is 2.70. The van der Waals surface area contributed by atoms with Crippen LogP contribution in [0.2, 0.25) is 0 Å². The molecule has 2 amide bonds. The first-order valence-electron chi connectivity index (χ1n) is 11.9. The second kappa shape index (κ2) is 11.8. The van der Waals surface area contributed by atoms with Crippen molar-refractivity contribution in [3.63, 3.8) is 0 Å². The van der Waals surface area contributed by atoms with Crippen molar-refractivity contribution in [2.75, 3.05) is 13.1 Å². The van der Waals surface area contributed by atoms with E-state index in [1.54, 1.807) is 29.2 Å². The molecule has 0 radical (unpaired) electrons. The molecule has 8 heteroatoms. The number of ether oxygens (including phenoxy) is 2. The molecule has 8 nitrogen and oxygen atoms in total. The van der Waals surface area contributed by atoms with Gasteiger partial charge in [0.15, 0.2) is 5.78 Å². The third kappa shape index (κ3) is 7.82. The number of amides is 2. The lowest BCUT2D eigenvalue weighted by Crippen LogP contribution is -2.50. The minimum absolute atomic E-state index is 0.0948. The van der Waals surface area contributed by atoms with Crippen LogP contribution in [0.3, 0.4) is 0 Å².